The molecule has 1 aromatic heterocycles. The number of thiophene rings is 1. The van der Waals surface area contributed by atoms with Gasteiger partial charge in [-0.2, -0.15) is 0 Å². The van der Waals surface area contributed by atoms with Crippen LogP contribution in [0.15, 0.2) is 44.4 Å². The van der Waals surface area contributed by atoms with Crippen molar-refractivity contribution >= 4 is 37.3 Å². The number of fused-ring (bicyclic) bond motifs is 1. The zero-order valence-electron chi connectivity index (χ0n) is 10.3. The average molecular weight is 374 g/mol. The Morgan fingerprint density at radius 2 is 2.05 bits per heavy atom. The van der Waals surface area contributed by atoms with Crippen LogP contribution < -0.4 is 4.72 Å². The Labute approximate surface area is 129 Å². The molecule has 0 bridgehead atoms. The van der Waals surface area contributed by atoms with Gasteiger partial charge in [-0.1, -0.05) is 24.3 Å². The monoisotopic (exact) mass is 373 g/mol. The first kappa shape index (κ1) is 14.2. The van der Waals surface area contributed by atoms with Crippen LogP contribution in [0, 0.1) is 0 Å². The maximum atomic E-state index is 12.4. The normalized spacial score (nSPS) is 21.9. The number of hydrogen-bond acceptors (Lipinski definition) is 4. The van der Waals surface area contributed by atoms with Gasteiger partial charge >= 0.3 is 0 Å². The van der Waals surface area contributed by atoms with Crippen molar-refractivity contribution in [2.45, 2.75) is 22.8 Å². The minimum absolute atomic E-state index is 0.231. The molecule has 2 aromatic rings. The summed E-state index contributed by atoms with van der Waals surface area (Å²) in [6.07, 6.45) is -0.268. The highest BCUT2D eigenvalue weighted by Crippen LogP contribution is 2.34. The van der Waals surface area contributed by atoms with Crippen molar-refractivity contribution in [1.82, 2.24) is 4.72 Å². The van der Waals surface area contributed by atoms with Crippen LogP contribution in [0.5, 0.6) is 0 Å². The van der Waals surface area contributed by atoms with Gasteiger partial charge in [0, 0.05) is 10.9 Å². The highest BCUT2D eigenvalue weighted by molar-refractivity contribution is 9.10. The Balaban J connectivity index is 1.94. The van der Waals surface area contributed by atoms with Crippen LogP contribution in [0.3, 0.4) is 0 Å². The Kier molecular flexibility index (Phi) is 3.72. The summed E-state index contributed by atoms with van der Waals surface area (Å²) in [6.45, 7) is 0. The number of halogens is 1. The van der Waals surface area contributed by atoms with Crippen molar-refractivity contribution in [3.05, 3.63) is 51.3 Å². The minimum atomic E-state index is -3.65. The zero-order chi connectivity index (χ0) is 14.3. The highest BCUT2D eigenvalue weighted by atomic mass is 79.9. The predicted molar refractivity (Wildman–Crippen MR) is 81.2 cm³/mol. The fourth-order valence-corrected chi connectivity index (χ4v) is 6.01. The molecule has 106 valence electrons. The van der Waals surface area contributed by atoms with E-state index in [0.717, 1.165) is 22.5 Å². The molecule has 2 N–H and O–H groups in total. The lowest BCUT2D eigenvalue weighted by molar-refractivity contribution is 0.151. The topological polar surface area (TPSA) is 66.4 Å². The largest absolute Gasteiger partial charge is 0.391 e. The van der Waals surface area contributed by atoms with E-state index in [2.05, 4.69) is 20.7 Å². The van der Waals surface area contributed by atoms with Gasteiger partial charge in [0.25, 0.3) is 10.0 Å². The summed E-state index contributed by atoms with van der Waals surface area (Å²) in [4.78, 5) is 0. The zero-order valence-corrected chi connectivity index (χ0v) is 13.5. The first-order valence-electron chi connectivity index (χ1n) is 6.00. The molecule has 3 rings (SSSR count). The molecule has 0 saturated heterocycles. The van der Waals surface area contributed by atoms with E-state index in [1.54, 1.807) is 11.4 Å². The fourth-order valence-electron chi connectivity index (χ4n) is 2.41. The Hall–Kier alpha value is -0.730. The van der Waals surface area contributed by atoms with Crippen LogP contribution in [0.2, 0.25) is 0 Å². The minimum Gasteiger partial charge on any atom is -0.391 e. The smallest absolute Gasteiger partial charge is 0.251 e. The highest BCUT2D eigenvalue weighted by Gasteiger charge is 2.35. The molecule has 1 aromatic carbocycles. The van der Waals surface area contributed by atoms with E-state index >= 15 is 0 Å². The fraction of sp³-hybridized carbons (Fsp3) is 0.231. The molecule has 20 heavy (non-hydrogen) atoms. The Morgan fingerprint density at radius 1 is 1.30 bits per heavy atom. The van der Waals surface area contributed by atoms with Gasteiger partial charge in [-0.25, -0.2) is 13.1 Å². The van der Waals surface area contributed by atoms with E-state index < -0.39 is 22.2 Å². The molecule has 0 unspecified atom stereocenters. The van der Waals surface area contributed by atoms with Gasteiger partial charge in [0.15, 0.2) is 0 Å². The SMILES string of the molecule is O=S(=O)(N[C@@H]1c2ccccc2C[C@@H]1O)c1sccc1Br. The summed E-state index contributed by atoms with van der Waals surface area (Å²) in [5.41, 5.74) is 1.83. The molecular formula is C13H12BrNO3S2. The van der Waals surface area contributed by atoms with Crippen molar-refractivity contribution < 1.29 is 13.5 Å². The third-order valence-electron chi connectivity index (χ3n) is 3.31. The number of sulfonamides is 1. The summed E-state index contributed by atoms with van der Waals surface area (Å²) < 4.78 is 28.1. The number of nitrogens with one attached hydrogen (secondary N) is 1. The number of aliphatic hydroxyl groups excluding tert-OH is 1. The van der Waals surface area contributed by atoms with Gasteiger partial charge in [0.1, 0.15) is 4.21 Å². The van der Waals surface area contributed by atoms with Gasteiger partial charge in [-0.3, -0.25) is 0 Å². The van der Waals surface area contributed by atoms with Crippen LogP contribution in [0.25, 0.3) is 0 Å². The first-order chi connectivity index (χ1) is 9.49. The van der Waals surface area contributed by atoms with Gasteiger partial charge in [0.2, 0.25) is 0 Å². The van der Waals surface area contributed by atoms with Crippen molar-refractivity contribution in [2.24, 2.45) is 0 Å². The number of hydrogen-bond donors (Lipinski definition) is 2. The number of benzene rings is 1. The van der Waals surface area contributed by atoms with Gasteiger partial charge in [0.05, 0.1) is 12.1 Å². The lowest BCUT2D eigenvalue weighted by atomic mass is 10.1. The lowest BCUT2D eigenvalue weighted by Crippen LogP contribution is -2.33. The Morgan fingerprint density at radius 3 is 2.75 bits per heavy atom. The van der Waals surface area contributed by atoms with Crippen molar-refractivity contribution in [3.8, 4) is 0 Å². The molecule has 0 fully saturated rings. The quantitative estimate of drug-likeness (QED) is 0.868. The second-order valence-corrected chi connectivity index (χ2v) is 8.30. The van der Waals surface area contributed by atoms with Crippen LogP contribution in [-0.4, -0.2) is 19.6 Å². The third-order valence-corrected chi connectivity index (χ3v) is 7.43. The van der Waals surface area contributed by atoms with E-state index in [4.69, 9.17) is 0 Å². The summed E-state index contributed by atoms with van der Waals surface area (Å²) in [5, 5.41) is 11.8. The molecule has 2 atom stereocenters. The van der Waals surface area contributed by atoms with Gasteiger partial charge in [-0.15, -0.1) is 11.3 Å². The van der Waals surface area contributed by atoms with Crippen LogP contribution in [-0.2, 0) is 16.4 Å². The molecule has 7 heteroatoms. The van der Waals surface area contributed by atoms with Crippen LogP contribution in [0.1, 0.15) is 17.2 Å². The van der Waals surface area contributed by atoms with Gasteiger partial charge in [-0.05, 0) is 38.5 Å². The number of rotatable bonds is 3. The van der Waals surface area contributed by atoms with E-state index in [-0.39, 0.29) is 4.21 Å². The van der Waals surface area contributed by atoms with E-state index in [9.17, 15) is 13.5 Å². The maximum absolute atomic E-state index is 12.4. The first-order valence-corrected chi connectivity index (χ1v) is 9.16. The molecular weight excluding hydrogens is 362 g/mol. The number of aliphatic hydroxyl groups is 1. The van der Waals surface area contributed by atoms with Crippen LogP contribution >= 0.6 is 27.3 Å². The van der Waals surface area contributed by atoms with Crippen LogP contribution in [0.4, 0.5) is 0 Å². The van der Waals surface area contributed by atoms with E-state index in [0.29, 0.717) is 10.9 Å². The average Bonchev–Trinajstić information content (AvgIpc) is 2.95. The lowest BCUT2D eigenvalue weighted by Gasteiger charge is -2.17. The molecule has 0 spiro atoms. The molecule has 0 saturated carbocycles. The molecule has 0 radical (unpaired) electrons. The van der Waals surface area contributed by atoms with Crippen molar-refractivity contribution in [3.63, 3.8) is 0 Å². The van der Waals surface area contributed by atoms with Crippen molar-refractivity contribution in [1.29, 1.82) is 0 Å². The molecule has 1 heterocycles. The van der Waals surface area contributed by atoms with E-state index in [1.165, 1.54) is 0 Å². The summed E-state index contributed by atoms with van der Waals surface area (Å²) in [5.74, 6) is 0. The summed E-state index contributed by atoms with van der Waals surface area (Å²) >= 11 is 4.37. The third kappa shape index (κ3) is 2.44. The van der Waals surface area contributed by atoms with Gasteiger partial charge < -0.3 is 5.11 Å². The standard InChI is InChI=1S/C13H12BrNO3S2/c14-10-5-6-19-13(10)20(17,18)15-12-9-4-2-1-3-8(9)7-11(12)16/h1-6,11-12,15-16H,7H2/t11-,12+/m0/s1. The molecule has 1 aliphatic rings. The molecule has 1 aliphatic carbocycles. The second kappa shape index (κ2) is 5.23. The second-order valence-electron chi connectivity index (χ2n) is 4.63. The molecule has 4 nitrogen and oxygen atoms in total. The maximum Gasteiger partial charge on any atom is 0.251 e. The van der Waals surface area contributed by atoms with E-state index in [1.807, 2.05) is 24.3 Å². The molecule has 0 amide bonds. The predicted octanol–water partition coefficient (Wildman–Crippen LogP) is 2.45. The summed E-state index contributed by atoms with van der Waals surface area (Å²) in [6, 6.07) is 8.59. The molecule has 0 aliphatic heterocycles. The Bertz CT molecular complexity index is 742. The van der Waals surface area contributed by atoms with Crippen molar-refractivity contribution in [2.75, 3.05) is 0 Å². The summed E-state index contributed by atoms with van der Waals surface area (Å²) in [7, 11) is -3.65.